The number of ether oxygens (including phenoxy) is 1. The van der Waals surface area contributed by atoms with Gasteiger partial charge >= 0.3 is 12.1 Å². The number of carboxylic acid groups (broad SMARTS) is 1. The van der Waals surface area contributed by atoms with Crippen molar-refractivity contribution in [3.05, 3.63) is 35.9 Å². The molecule has 0 radical (unpaired) electrons. The number of nitrogens with one attached hydrogen (secondary N) is 1. The maximum absolute atomic E-state index is 12.5. The second-order valence-corrected chi connectivity index (χ2v) is 6.06. The van der Waals surface area contributed by atoms with Crippen molar-refractivity contribution in [3.63, 3.8) is 0 Å². The fourth-order valence-corrected chi connectivity index (χ4v) is 3.24. The molecule has 1 amide bonds. The highest BCUT2D eigenvalue weighted by Crippen LogP contribution is 2.24. The van der Waals surface area contributed by atoms with Crippen molar-refractivity contribution in [2.45, 2.75) is 51.3 Å². The predicted molar refractivity (Wildman–Crippen MR) is 90.7 cm³/mol. The third-order valence-electron chi connectivity index (χ3n) is 4.43. The number of carbonyl (C=O) groups excluding carboxylic acids is 1. The minimum absolute atomic E-state index is 0.000856. The Morgan fingerprint density at radius 3 is 2.62 bits per heavy atom. The fraction of sp³-hybridized carbons (Fsp3) is 0.556. The molecule has 2 atom stereocenters. The van der Waals surface area contributed by atoms with E-state index < -0.39 is 5.97 Å². The molecule has 0 bridgehead atoms. The summed E-state index contributed by atoms with van der Waals surface area (Å²) in [5.41, 5.74) is 0.950. The number of likely N-dealkylation sites (N-methyl/N-ethyl adjacent to an activating group) is 1. The zero-order chi connectivity index (χ0) is 17.4. The van der Waals surface area contributed by atoms with Crippen LogP contribution < -0.4 is 5.32 Å². The van der Waals surface area contributed by atoms with Crippen LogP contribution in [0.2, 0.25) is 0 Å². The molecule has 1 saturated carbocycles. The molecule has 6 nitrogen and oxygen atoms in total. The molecule has 132 valence electrons. The number of amides is 1. The van der Waals surface area contributed by atoms with Gasteiger partial charge in [0.25, 0.3) is 0 Å². The Morgan fingerprint density at radius 1 is 1.25 bits per heavy atom. The van der Waals surface area contributed by atoms with E-state index in [0.717, 1.165) is 31.2 Å². The zero-order valence-electron chi connectivity index (χ0n) is 14.1. The first-order chi connectivity index (χ1) is 11.6. The summed E-state index contributed by atoms with van der Waals surface area (Å²) in [5.74, 6) is -0.881. The van der Waals surface area contributed by atoms with Crippen LogP contribution in [0.1, 0.15) is 38.2 Å². The predicted octanol–water partition coefficient (Wildman–Crippen LogP) is 2.63. The molecule has 0 heterocycles. The SMILES string of the molecule is CCN(C(=O)OCc1ccccc1)[C@@H]1CCCC[C@@H]1NCC(=O)O. The maximum Gasteiger partial charge on any atom is 0.410 e. The molecule has 0 saturated heterocycles. The van der Waals surface area contributed by atoms with Gasteiger partial charge in [0.1, 0.15) is 6.61 Å². The smallest absolute Gasteiger partial charge is 0.410 e. The second-order valence-electron chi connectivity index (χ2n) is 6.06. The molecular weight excluding hydrogens is 308 g/mol. The normalized spacial score (nSPS) is 20.4. The summed E-state index contributed by atoms with van der Waals surface area (Å²) in [4.78, 5) is 25.0. The number of hydrogen-bond donors (Lipinski definition) is 2. The molecular formula is C18H26N2O4. The summed E-state index contributed by atoms with van der Waals surface area (Å²) < 4.78 is 5.45. The van der Waals surface area contributed by atoms with Gasteiger partial charge in [0.2, 0.25) is 0 Å². The third-order valence-corrected chi connectivity index (χ3v) is 4.43. The lowest BCUT2D eigenvalue weighted by Gasteiger charge is -2.39. The summed E-state index contributed by atoms with van der Waals surface area (Å²) >= 11 is 0. The maximum atomic E-state index is 12.5. The van der Waals surface area contributed by atoms with Crippen molar-refractivity contribution in [1.82, 2.24) is 10.2 Å². The molecule has 1 aromatic carbocycles. The standard InChI is InChI=1S/C18H26N2O4/c1-2-20(18(23)24-13-14-8-4-3-5-9-14)16-11-7-6-10-15(16)19-12-17(21)22/h3-5,8-9,15-16,19H,2,6-7,10-13H2,1H3,(H,21,22)/t15-,16+/m0/s1. The average Bonchev–Trinajstić information content (AvgIpc) is 2.60. The molecule has 1 fully saturated rings. The van der Waals surface area contributed by atoms with Crippen molar-refractivity contribution in [2.75, 3.05) is 13.1 Å². The molecule has 0 aliphatic heterocycles. The molecule has 1 aromatic rings. The highest BCUT2D eigenvalue weighted by molar-refractivity contribution is 5.69. The second kappa shape index (κ2) is 9.27. The first kappa shape index (κ1) is 18.3. The highest BCUT2D eigenvalue weighted by Gasteiger charge is 2.33. The summed E-state index contributed by atoms with van der Waals surface area (Å²) in [6.45, 7) is 2.63. The quantitative estimate of drug-likeness (QED) is 0.801. The Hall–Kier alpha value is -2.08. The van der Waals surface area contributed by atoms with E-state index in [9.17, 15) is 9.59 Å². The van der Waals surface area contributed by atoms with Crippen LogP contribution in [0.15, 0.2) is 30.3 Å². The third kappa shape index (κ3) is 5.23. The van der Waals surface area contributed by atoms with Crippen LogP contribution in [0.3, 0.4) is 0 Å². The van der Waals surface area contributed by atoms with Crippen molar-refractivity contribution < 1.29 is 19.4 Å². The zero-order valence-corrected chi connectivity index (χ0v) is 14.1. The molecule has 0 aromatic heterocycles. The lowest BCUT2D eigenvalue weighted by Crippen LogP contribution is -2.54. The van der Waals surface area contributed by atoms with Crippen LogP contribution >= 0.6 is 0 Å². The minimum Gasteiger partial charge on any atom is -0.480 e. The molecule has 1 aliphatic carbocycles. The number of rotatable bonds is 7. The first-order valence-corrected chi connectivity index (χ1v) is 8.54. The van der Waals surface area contributed by atoms with Crippen molar-refractivity contribution in [3.8, 4) is 0 Å². The number of carbonyl (C=O) groups is 2. The van der Waals surface area contributed by atoms with E-state index in [1.165, 1.54) is 0 Å². The number of nitrogens with zero attached hydrogens (tertiary/aromatic N) is 1. The number of hydrogen-bond acceptors (Lipinski definition) is 4. The Balaban J connectivity index is 1.95. The molecule has 24 heavy (non-hydrogen) atoms. The van der Waals surface area contributed by atoms with E-state index in [4.69, 9.17) is 9.84 Å². The van der Waals surface area contributed by atoms with Gasteiger partial charge in [-0.3, -0.25) is 4.79 Å². The molecule has 6 heteroatoms. The topological polar surface area (TPSA) is 78.9 Å². The minimum atomic E-state index is -0.881. The number of aliphatic carboxylic acids is 1. The van der Waals surface area contributed by atoms with Gasteiger partial charge in [0, 0.05) is 12.6 Å². The van der Waals surface area contributed by atoms with E-state index >= 15 is 0 Å². The van der Waals surface area contributed by atoms with Crippen LogP contribution in [0.25, 0.3) is 0 Å². The summed E-state index contributed by atoms with van der Waals surface area (Å²) in [5, 5.41) is 11.9. The Morgan fingerprint density at radius 2 is 1.96 bits per heavy atom. The van der Waals surface area contributed by atoms with Gasteiger partial charge in [-0.25, -0.2) is 4.79 Å². The van der Waals surface area contributed by atoms with Gasteiger partial charge in [0.15, 0.2) is 0 Å². The summed E-state index contributed by atoms with van der Waals surface area (Å²) in [7, 11) is 0. The van der Waals surface area contributed by atoms with E-state index in [1.54, 1.807) is 4.90 Å². The first-order valence-electron chi connectivity index (χ1n) is 8.54. The van der Waals surface area contributed by atoms with Crippen LogP contribution in [0.5, 0.6) is 0 Å². The van der Waals surface area contributed by atoms with Gasteiger partial charge in [-0.05, 0) is 25.3 Å². The molecule has 0 unspecified atom stereocenters. The highest BCUT2D eigenvalue weighted by atomic mass is 16.6. The molecule has 0 spiro atoms. The Bertz CT molecular complexity index is 535. The lowest BCUT2D eigenvalue weighted by atomic mass is 9.89. The summed E-state index contributed by atoms with van der Waals surface area (Å²) in [6.07, 6.45) is 3.49. The van der Waals surface area contributed by atoms with Crippen LogP contribution in [0, 0.1) is 0 Å². The average molecular weight is 334 g/mol. The largest absolute Gasteiger partial charge is 0.480 e. The van der Waals surface area contributed by atoms with E-state index in [-0.39, 0.29) is 31.3 Å². The number of carboxylic acids is 1. The van der Waals surface area contributed by atoms with Crippen molar-refractivity contribution >= 4 is 12.1 Å². The number of benzene rings is 1. The Labute approximate surface area is 142 Å². The van der Waals surface area contributed by atoms with Gasteiger partial charge in [-0.2, -0.15) is 0 Å². The molecule has 1 aliphatic rings. The van der Waals surface area contributed by atoms with E-state index in [2.05, 4.69) is 5.32 Å². The van der Waals surface area contributed by atoms with Crippen LogP contribution in [-0.4, -0.2) is 47.2 Å². The van der Waals surface area contributed by atoms with Gasteiger partial charge in [0.05, 0.1) is 12.6 Å². The molecule has 2 rings (SSSR count). The van der Waals surface area contributed by atoms with Crippen molar-refractivity contribution in [1.29, 1.82) is 0 Å². The lowest BCUT2D eigenvalue weighted by molar-refractivity contribution is -0.136. The van der Waals surface area contributed by atoms with Crippen molar-refractivity contribution in [2.24, 2.45) is 0 Å². The van der Waals surface area contributed by atoms with Gasteiger partial charge in [-0.15, -0.1) is 0 Å². The van der Waals surface area contributed by atoms with E-state index in [1.807, 2.05) is 37.3 Å². The van der Waals surface area contributed by atoms with E-state index in [0.29, 0.717) is 6.54 Å². The fourth-order valence-electron chi connectivity index (χ4n) is 3.24. The molecule has 2 N–H and O–H groups in total. The Kier molecular flexibility index (Phi) is 7.06. The van der Waals surface area contributed by atoms with Gasteiger partial charge < -0.3 is 20.1 Å². The van der Waals surface area contributed by atoms with Crippen LogP contribution in [0.4, 0.5) is 4.79 Å². The summed E-state index contributed by atoms with van der Waals surface area (Å²) in [6, 6.07) is 9.56. The van der Waals surface area contributed by atoms with Crippen LogP contribution in [-0.2, 0) is 16.1 Å². The van der Waals surface area contributed by atoms with Gasteiger partial charge in [-0.1, -0.05) is 43.2 Å². The monoisotopic (exact) mass is 334 g/mol.